The highest BCUT2D eigenvalue weighted by atomic mass is 19.1. The molecule has 0 bridgehead atoms. The maximum Gasteiger partial charge on any atom is 0.237 e. The number of halogens is 1. The summed E-state index contributed by atoms with van der Waals surface area (Å²) in [6.07, 6.45) is 0.709. The van der Waals surface area contributed by atoms with Crippen LogP contribution in [0.1, 0.15) is 12.5 Å². The second-order valence-corrected chi connectivity index (χ2v) is 6.70. The number of amides is 1. The number of nitrogens with one attached hydrogen (secondary N) is 1. The lowest BCUT2D eigenvalue weighted by molar-refractivity contribution is -0.125. The molecule has 4 nitrogen and oxygen atoms in total. The first-order chi connectivity index (χ1) is 12.6. The standard InChI is InChI=1S/C21H26FN3O/c1-17(21(26)23-12-11-18-7-9-19(22)10-8-18)24-13-15-25(16-14-24)20-5-3-2-4-6-20/h2-10,17H,11-16H2,1H3,(H,23,26). The van der Waals surface area contributed by atoms with Gasteiger partial charge in [-0.05, 0) is 43.2 Å². The first-order valence-corrected chi connectivity index (χ1v) is 9.20. The summed E-state index contributed by atoms with van der Waals surface area (Å²) in [5, 5.41) is 3.00. The van der Waals surface area contributed by atoms with Gasteiger partial charge in [0.2, 0.25) is 5.91 Å². The number of piperazine rings is 1. The number of carbonyl (C=O) groups is 1. The normalized spacial score (nSPS) is 16.3. The third-order valence-electron chi connectivity index (χ3n) is 4.99. The third kappa shape index (κ3) is 4.82. The summed E-state index contributed by atoms with van der Waals surface area (Å²) >= 11 is 0. The predicted molar refractivity (Wildman–Crippen MR) is 103 cm³/mol. The molecule has 3 rings (SSSR count). The molecule has 2 aromatic carbocycles. The number of carbonyl (C=O) groups excluding carboxylic acids is 1. The number of rotatable bonds is 6. The molecule has 138 valence electrons. The summed E-state index contributed by atoms with van der Waals surface area (Å²) in [6.45, 7) is 6.14. The summed E-state index contributed by atoms with van der Waals surface area (Å²) in [7, 11) is 0. The Labute approximate surface area is 154 Å². The monoisotopic (exact) mass is 355 g/mol. The topological polar surface area (TPSA) is 35.6 Å². The van der Waals surface area contributed by atoms with Crippen molar-refractivity contribution in [2.24, 2.45) is 0 Å². The highest BCUT2D eigenvalue weighted by Crippen LogP contribution is 2.16. The summed E-state index contributed by atoms with van der Waals surface area (Å²) in [4.78, 5) is 17.0. The van der Waals surface area contributed by atoms with Gasteiger partial charge in [-0.25, -0.2) is 4.39 Å². The maximum absolute atomic E-state index is 12.9. The minimum atomic E-state index is -0.235. The van der Waals surface area contributed by atoms with E-state index in [-0.39, 0.29) is 17.8 Å². The predicted octanol–water partition coefficient (Wildman–Crippen LogP) is 2.70. The number of hydrogen-bond acceptors (Lipinski definition) is 3. The number of benzene rings is 2. The summed E-state index contributed by atoms with van der Waals surface area (Å²) in [6, 6.07) is 16.7. The fourth-order valence-corrected chi connectivity index (χ4v) is 3.30. The van der Waals surface area contributed by atoms with Crippen molar-refractivity contribution >= 4 is 11.6 Å². The molecule has 0 aliphatic carbocycles. The SMILES string of the molecule is CC(C(=O)NCCc1ccc(F)cc1)N1CCN(c2ccccc2)CC1. The summed E-state index contributed by atoms with van der Waals surface area (Å²) in [5.74, 6) is -0.179. The van der Waals surface area contributed by atoms with E-state index in [4.69, 9.17) is 0 Å². The first kappa shape index (κ1) is 18.4. The molecule has 1 amide bonds. The van der Waals surface area contributed by atoms with E-state index in [1.165, 1.54) is 17.8 Å². The van der Waals surface area contributed by atoms with Gasteiger partial charge in [-0.2, -0.15) is 0 Å². The van der Waals surface area contributed by atoms with Crippen LogP contribution in [-0.4, -0.2) is 49.6 Å². The Hall–Kier alpha value is -2.40. The smallest absolute Gasteiger partial charge is 0.237 e. The first-order valence-electron chi connectivity index (χ1n) is 9.20. The van der Waals surface area contributed by atoms with E-state index < -0.39 is 0 Å². The Morgan fingerprint density at radius 2 is 1.69 bits per heavy atom. The largest absolute Gasteiger partial charge is 0.369 e. The lowest BCUT2D eigenvalue weighted by atomic mass is 10.1. The molecule has 1 atom stereocenters. The van der Waals surface area contributed by atoms with Crippen molar-refractivity contribution in [3.8, 4) is 0 Å². The Bertz CT molecular complexity index is 697. The quantitative estimate of drug-likeness (QED) is 0.865. The molecule has 2 aromatic rings. The van der Waals surface area contributed by atoms with Crippen LogP contribution >= 0.6 is 0 Å². The van der Waals surface area contributed by atoms with E-state index in [1.54, 1.807) is 12.1 Å². The molecule has 1 unspecified atom stereocenters. The fourth-order valence-electron chi connectivity index (χ4n) is 3.30. The molecule has 0 aromatic heterocycles. The molecular formula is C21H26FN3O. The molecule has 1 N–H and O–H groups in total. The lowest BCUT2D eigenvalue weighted by Crippen LogP contribution is -2.54. The molecule has 5 heteroatoms. The van der Waals surface area contributed by atoms with Crippen molar-refractivity contribution in [2.75, 3.05) is 37.6 Å². The zero-order valence-corrected chi connectivity index (χ0v) is 15.2. The average Bonchev–Trinajstić information content (AvgIpc) is 2.69. The molecule has 0 saturated carbocycles. The van der Waals surface area contributed by atoms with E-state index in [2.05, 4.69) is 39.4 Å². The highest BCUT2D eigenvalue weighted by molar-refractivity contribution is 5.81. The Kier molecular flexibility index (Phi) is 6.23. The van der Waals surface area contributed by atoms with Gasteiger partial charge in [-0.1, -0.05) is 30.3 Å². The van der Waals surface area contributed by atoms with E-state index in [9.17, 15) is 9.18 Å². The average molecular weight is 355 g/mol. The maximum atomic E-state index is 12.9. The van der Waals surface area contributed by atoms with Crippen LogP contribution < -0.4 is 10.2 Å². The second-order valence-electron chi connectivity index (χ2n) is 6.70. The molecular weight excluding hydrogens is 329 g/mol. The van der Waals surface area contributed by atoms with Crippen LogP contribution in [0.15, 0.2) is 54.6 Å². The van der Waals surface area contributed by atoms with Gasteiger partial charge in [0.1, 0.15) is 5.82 Å². The molecule has 0 spiro atoms. The van der Waals surface area contributed by atoms with Gasteiger partial charge in [-0.15, -0.1) is 0 Å². The van der Waals surface area contributed by atoms with Gasteiger partial charge in [-0.3, -0.25) is 9.69 Å². The van der Waals surface area contributed by atoms with Gasteiger partial charge in [0.15, 0.2) is 0 Å². The lowest BCUT2D eigenvalue weighted by Gasteiger charge is -2.38. The van der Waals surface area contributed by atoms with E-state index in [0.29, 0.717) is 13.0 Å². The van der Waals surface area contributed by atoms with Gasteiger partial charge < -0.3 is 10.2 Å². The number of nitrogens with zero attached hydrogens (tertiary/aromatic N) is 2. The summed E-state index contributed by atoms with van der Waals surface area (Å²) < 4.78 is 12.9. The van der Waals surface area contributed by atoms with E-state index in [0.717, 1.165) is 31.7 Å². The van der Waals surface area contributed by atoms with Gasteiger partial charge >= 0.3 is 0 Å². The highest BCUT2D eigenvalue weighted by Gasteiger charge is 2.25. The van der Waals surface area contributed by atoms with Crippen LogP contribution in [0, 0.1) is 5.82 Å². The van der Waals surface area contributed by atoms with Crippen molar-refractivity contribution in [2.45, 2.75) is 19.4 Å². The fraction of sp³-hybridized carbons (Fsp3) is 0.381. The van der Waals surface area contributed by atoms with Crippen LogP contribution in [0.4, 0.5) is 10.1 Å². The number of para-hydroxylation sites is 1. The van der Waals surface area contributed by atoms with Crippen molar-refractivity contribution in [3.63, 3.8) is 0 Å². The van der Waals surface area contributed by atoms with Crippen LogP contribution in [-0.2, 0) is 11.2 Å². The van der Waals surface area contributed by atoms with Gasteiger partial charge in [0, 0.05) is 38.4 Å². The second kappa shape index (κ2) is 8.81. The molecule has 0 radical (unpaired) electrons. The Balaban J connectivity index is 1.42. The number of anilines is 1. The zero-order chi connectivity index (χ0) is 18.4. The molecule has 1 saturated heterocycles. The molecule has 1 fully saturated rings. The minimum Gasteiger partial charge on any atom is -0.369 e. The molecule has 1 aliphatic rings. The third-order valence-corrected chi connectivity index (χ3v) is 4.99. The van der Waals surface area contributed by atoms with E-state index in [1.807, 2.05) is 13.0 Å². The Morgan fingerprint density at radius 1 is 1.04 bits per heavy atom. The van der Waals surface area contributed by atoms with Crippen molar-refractivity contribution in [3.05, 3.63) is 66.0 Å². The summed E-state index contributed by atoms with van der Waals surface area (Å²) in [5.41, 5.74) is 2.26. The van der Waals surface area contributed by atoms with Crippen molar-refractivity contribution in [1.29, 1.82) is 0 Å². The van der Waals surface area contributed by atoms with Crippen LogP contribution in [0.3, 0.4) is 0 Å². The van der Waals surface area contributed by atoms with Crippen molar-refractivity contribution in [1.82, 2.24) is 10.2 Å². The molecule has 26 heavy (non-hydrogen) atoms. The van der Waals surface area contributed by atoms with Crippen LogP contribution in [0.2, 0.25) is 0 Å². The van der Waals surface area contributed by atoms with E-state index >= 15 is 0 Å². The number of hydrogen-bond donors (Lipinski definition) is 1. The van der Waals surface area contributed by atoms with Crippen LogP contribution in [0.25, 0.3) is 0 Å². The van der Waals surface area contributed by atoms with Crippen molar-refractivity contribution < 1.29 is 9.18 Å². The van der Waals surface area contributed by atoms with Crippen LogP contribution in [0.5, 0.6) is 0 Å². The van der Waals surface area contributed by atoms with Gasteiger partial charge in [0.25, 0.3) is 0 Å². The zero-order valence-electron chi connectivity index (χ0n) is 15.2. The molecule has 1 aliphatic heterocycles. The Morgan fingerprint density at radius 3 is 2.35 bits per heavy atom. The molecule has 1 heterocycles. The van der Waals surface area contributed by atoms with Gasteiger partial charge in [0.05, 0.1) is 6.04 Å². The minimum absolute atomic E-state index is 0.0558.